The number of carbonyl (C=O) groups is 1. The first-order valence-corrected chi connectivity index (χ1v) is 6.93. The van der Waals surface area contributed by atoms with E-state index >= 15 is 0 Å². The van der Waals surface area contributed by atoms with Crippen LogP contribution >= 0.6 is 15.9 Å². The third kappa shape index (κ3) is 4.78. The summed E-state index contributed by atoms with van der Waals surface area (Å²) in [5.74, 6) is 0.932. The second-order valence-electron chi connectivity index (χ2n) is 4.36. The highest BCUT2D eigenvalue weighted by molar-refractivity contribution is 9.10. The van der Waals surface area contributed by atoms with Gasteiger partial charge in [0.1, 0.15) is 5.75 Å². The van der Waals surface area contributed by atoms with Crippen LogP contribution in [0, 0.1) is 0 Å². The zero-order valence-electron chi connectivity index (χ0n) is 11.1. The topological polar surface area (TPSA) is 38.3 Å². The highest BCUT2D eigenvalue weighted by atomic mass is 79.9. The van der Waals surface area contributed by atoms with Gasteiger partial charge in [-0.25, -0.2) is 0 Å². The van der Waals surface area contributed by atoms with Crippen molar-refractivity contribution >= 4 is 21.7 Å². The van der Waals surface area contributed by atoms with Gasteiger partial charge in [-0.15, -0.1) is 0 Å². The summed E-state index contributed by atoms with van der Waals surface area (Å²) in [6.45, 7) is 4.58. The van der Waals surface area contributed by atoms with E-state index in [1.807, 2.05) is 18.2 Å². The molecule has 0 radical (unpaired) electrons. The minimum Gasteiger partial charge on any atom is -0.496 e. The molecule has 0 fully saturated rings. The SMILES string of the molecule is CCC(C)NCC(=O)Cc1cc(Br)ccc1OC. The van der Waals surface area contributed by atoms with Crippen molar-refractivity contribution < 1.29 is 9.53 Å². The Kier molecular flexibility index (Phi) is 6.36. The molecule has 100 valence electrons. The van der Waals surface area contributed by atoms with Gasteiger partial charge in [-0.2, -0.15) is 0 Å². The van der Waals surface area contributed by atoms with E-state index in [1.54, 1.807) is 7.11 Å². The van der Waals surface area contributed by atoms with Crippen LogP contribution in [-0.2, 0) is 11.2 Å². The first kappa shape index (κ1) is 15.2. The van der Waals surface area contributed by atoms with Gasteiger partial charge in [0.25, 0.3) is 0 Å². The van der Waals surface area contributed by atoms with E-state index < -0.39 is 0 Å². The average Bonchev–Trinajstić information content (AvgIpc) is 2.36. The molecule has 0 spiro atoms. The number of hydrogen-bond acceptors (Lipinski definition) is 3. The van der Waals surface area contributed by atoms with Crippen LogP contribution in [0.3, 0.4) is 0 Å². The Hall–Kier alpha value is -0.870. The quantitative estimate of drug-likeness (QED) is 0.841. The molecule has 0 saturated carbocycles. The molecule has 1 unspecified atom stereocenters. The lowest BCUT2D eigenvalue weighted by atomic mass is 10.1. The van der Waals surface area contributed by atoms with Gasteiger partial charge in [-0.3, -0.25) is 4.79 Å². The highest BCUT2D eigenvalue weighted by Gasteiger charge is 2.10. The van der Waals surface area contributed by atoms with E-state index in [4.69, 9.17) is 4.74 Å². The second kappa shape index (κ2) is 7.54. The standard InChI is InChI=1S/C14H20BrNO2/c1-4-10(2)16-9-13(17)8-11-7-12(15)5-6-14(11)18-3/h5-7,10,16H,4,8-9H2,1-3H3. The number of methoxy groups -OCH3 is 1. The lowest BCUT2D eigenvalue weighted by Gasteiger charge is -2.12. The maximum absolute atomic E-state index is 11.9. The Morgan fingerprint density at radius 3 is 2.83 bits per heavy atom. The van der Waals surface area contributed by atoms with Crippen LogP contribution < -0.4 is 10.1 Å². The number of nitrogens with one attached hydrogen (secondary N) is 1. The fourth-order valence-corrected chi connectivity index (χ4v) is 2.00. The molecule has 1 atom stereocenters. The first-order chi connectivity index (χ1) is 8.56. The summed E-state index contributed by atoms with van der Waals surface area (Å²) in [4.78, 5) is 11.9. The normalized spacial score (nSPS) is 12.2. The molecule has 0 aliphatic rings. The van der Waals surface area contributed by atoms with Crippen molar-refractivity contribution in [2.45, 2.75) is 32.7 Å². The first-order valence-electron chi connectivity index (χ1n) is 6.14. The van der Waals surface area contributed by atoms with Gasteiger partial charge in [0.15, 0.2) is 5.78 Å². The van der Waals surface area contributed by atoms with Crippen LogP contribution in [-0.4, -0.2) is 25.5 Å². The van der Waals surface area contributed by atoms with E-state index in [9.17, 15) is 4.79 Å². The molecule has 3 nitrogen and oxygen atoms in total. The summed E-state index contributed by atoms with van der Waals surface area (Å²) in [6.07, 6.45) is 1.42. The fraction of sp³-hybridized carbons (Fsp3) is 0.500. The summed E-state index contributed by atoms with van der Waals surface area (Å²) in [5, 5.41) is 3.20. The van der Waals surface area contributed by atoms with Crippen molar-refractivity contribution in [2.75, 3.05) is 13.7 Å². The van der Waals surface area contributed by atoms with Crippen molar-refractivity contribution in [1.29, 1.82) is 0 Å². The molecule has 0 saturated heterocycles. The van der Waals surface area contributed by atoms with E-state index in [-0.39, 0.29) is 5.78 Å². The Bertz CT molecular complexity index is 407. The van der Waals surface area contributed by atoms with E-state index in [0.29, 0.717) is 19.0 Å². The predicted molar refractivity (Wildman–Crippen MR) is 77.2 cm³/mol. The lowest BCUT2D eigenvalue weighted by molar-refractivity contribution is -0.117. The number of Topliss-reactive ketones (excluding diaryl/α,β-unsaturated/α-hetero) is 1. The van der Waals surface area contributed by atoms with Gasteiger partial charge >= 0.3 is 0 Å². The van der Waals surface area contributed by atoms with Gasteiger partial charge in [-0.05, 0) is 31.5 Å². The molecule has 1 rings (SSSR count). The predicted octanol–water partition coefficient (Wildman–Crippen LogP) is 2.96. The van der Waals surface area contributed by atoms with E-state index in [0.717, 1.165) is 22.2 Å². The summed E-state index contributed by atoms with van der Waals surface area (Å²) >= 11 is 3.41. The molecule has 0 aliphatic carbocycles. The third-order valence-corrected chi connectivity index (χ3v) is 3.38. The molecule has 0 aliphatic heterocycles. The van der Waals surface area contributed by atoms with E-state index in [2.05, 4.69) is 35.1 Å². The molecular weight excluding hydrogens is 294 g/mol. The van der Waals surface area contributed by atoms with Crippen molar-refractivity contribution in [1.82, 2.24) is 5.32 Å². The number of hydrogen-bond donors (Lipinski definition) is 1. The summed E-state index contributed by atoms with van der Waals surface area (Å²) < 4.78 is 6.21. The summed E-state index contributed by atoms with van der Waals surface area (Å²) in [7, 11) is 1.62. The summed E-state index contributed by atoms with van der Waals surface area (Å²) in [5.41, 5.74) is 0.919. The molecule has 1 aromatic carbocycles. The monoisotopic (exact) mass is 313 g/mol. The summed E-state index contributed by atoms with van der Waals surface area (Å²) in [6, 6.07) is 6.08. The Labute approximate surface area is 117 Å². The number of carbonyl (C=O) groups excluding carboxylic acids is 1. The van der Waals surface area contributed by atoms with Crippen molar-refractivity contribution in [2.24, 2.45) is 0 Å². The van der Waals surface area contributed by atoms with Crippen LogP contribution in [0.4, 0.5) is 0 Å². The van der Waals surface area contributed by atoms with Crippen LogP contribution in [0.1, 0.15) is 25.8 Å². The fourth-order valence-electron chi connectivity index (χ4n) is 1.59. The molecule has 1 N–H and O–H groups in total. The Balaban J connectivity index is 2.61. The molecule has 0 bridgehead atoms. The highest BCUT2D eigenvalue weighted by Crippen LogP contribution is 2.23. The van der Waals surface area contributed by atoms with Crippen molar-refractivity contribution in [3.63, 3.8) is 0 Å². The largest absolute Gasteiger partial charge is 0.496 e. The van der Waals surface area contributed by atoms with Gasteiger partial charge < -0.3 is 10.1 Å². The van der Waals surface area contributed by atoms with Crippen LogP contribution in [0.15, 0.2) is 22.7 Å². The van der Waals surface area contributed by atoms with Crippen LogP contribution in [0.25, 0.3) is 0 Å². The minimum atomic E-state index is 0.173. The molecule has 18 heavy (non-hydrogen) atoms. The van der Waals surface area contributed by atoms with Crippen molar-refractivity contribution in [3.05, 3.63) is 28.2 Å². The van der Waals surface area contributed by atoms with Crippen LogP contribution in [0.2, 0.25) is 0 Å². The molecule has 1 aromatic rings. The van der Waals surface area contributed by atoms with Crippen molar-refractivity contribution in [3.8, 4) is 5.75 Å². The maximum Gasteiger partial charge on any atom is 0.151 e. The zero-order chi connectivity index (χ0) is 13.5. The molecular formula is C14H20BrNO2. The van der Waals surface area contributed by atoms with Gasteiger partial charge in [0.2, 0.25) is 0 Å². The molecule has 4 heteroatoms. The third-order valence-electron chi connectivity index (χ3n) is 2.89. The molecule has 0 aromatic heterocycles. The Morgan fingerprint density at radius 1 is 1.50 bits per heavy atom. The van der Waals surface area contributed by atoms with Gasteiger partial charge in [0, 0.05) is 22.5 Å². The Morgan fingerprint density at radius 2 is 2.22 bits per heavy atom. The van der Waals surface area contributed by atoms with Gasteiger partial charge in [-0.1, -0.05) is 22.9 Å². The number of ketones is 1. The van der Waals surface area contributed by atoms with Crippen LogP contribution in [0.5, 0.6) is 5.75 Å². The number of ether oxygens (including phenoxy) is 1. The zero-order valence-corrected chi connectivity index (χ0v) is 12.7. The number of rotatable bonds is 7. The lowest BCUT2D eigenvalue weighted by Crippen LogP contribution is -2.31. The number of halogens is 1. The average molecular weight is 314 g/mol. The molecule has 0 amide bonds. The minimum absolute atomic E-state index is 0.173. The van der Waals surface area contributed by atoms with E-state index in [1.165, 1.54) is 0 Å². The molecule has 0 heterocycles. The number of benzene rings is 1. The smallest absolute Gasteiger partial charge is 0.151 e. The second-order valence-corrected chi connectivity index (χ2v) is 5.28. The van der Waals surface area contributed by atoms with Gasteiger partial charge in [0.05, 0.1) is 13.7 Å². The maximum atomic E-state index is 11.9.